The predicted molar refractivity (Wildman–Crippen MR) is 68.3 cm³/mol. The molecule has 3 nitrogen and oxygen atoms in total. The van der Waals surface area contributed by atoms with E-state index in [4.69, 9.17) is 5.73 Å². The first-order valence-electron chi connectivity index (χ1n) is 6.40. The molecule has 1 amide bonds. The molecule has 1 saturated carbocycles. The highest BCUT2D eigenvalue weighted by Gasteiger charge is 2.31. The smallest absolute Gasteiger partial charge is 0.225 e. The molecule has 1 aliphatic rings. The zero-order chi connectivity index (χ0) is 13.1. The number of carbonyl (C=O) groups excluding carboxylic acids is 1. The quantitative estimate of drug-likeness (QED) is 0.863. The minimum absolute atomic E-state index is 0.0576. The molecule has 4 heteroatoms. The van der Waals surface area contributed by atoms with Crippen LogP contribution in [-0.4, -0.2) is 11.9 Å². The van der Waals surface area contributed by atoms with Gasteiger partial charge in [0.1, 0.15) is 5.82 Å². The third kappa shape index (κ3) is 2.70. The molecular formula is C14H19FN2O. The van der Waals surface area contributed by atoms with Gasteiger partial charge in [-0.1, -0.05) is 24.6 Å². The summed E-state index contributed by atoms with van der Waals surface area (Å²) in [4.78, 5) is 12.0. The first-order chi connectivity index (χ1) is 8.59. The van der Waals surface area contributed by atoms with Crippen molar-refractivity contribution in [2.45, 2.75) is 38.3 Å². The predicted octanol–water partition coefficient (Wildman–Crippen LogP) is 2.13. The van der Waals surface area contributed by atoms with Crippen LogP contribution in [0.5, 0.6) is 0 Å². The molecule has 98 valence electrons. The first kappa shape index (κ1) is 13.0. The maximum atomic E-state index is 13.6. The van der Waals surface area contributed by atoms with E-state index in [2.05, 4.69) is 5.32 Å². The number of benzene rings is 1. The molecule has 1 aromatic rings. The van der Waals surface area contributed by atoms with E-state index in [9.17, 15) is 9.18 Å². The molecule has 0 spiro atoms. The highest BCUT2D eigenvalue weighted by molar-refractivity contribution is 5.80. The number of nitrogens with two attached hydrogens (primary N) is 1. The first-order valence-corrected chi connectivity index (χ1v) is 6.40. The van der Waals surface area contributed by atoms with Crippen LogP contribution in [0.2, 0.25) is 0 Å². The normalized spacial score (nSPS) is 24.8. The molecule has 3 unspecified atom stereocenters. The Kier molecular flexibility index (Phi) is 3.97. The van der Waals surface area contributed by atoms with E-state index in [0.29, 0.717) is 5.56 Å². The van der Waals surface area contributed by atoms with Crippen molar-refractivity contribution in [1.82, 2.24) is 5.32 Å². The van der Waals surface area contributed by atoms with Crippen LogP contribution in [-0.2, 0) is 4.79 Å². The Morgan fingerprint density at radius 3 is 2.78 bits per heavy atom. The van der Waals surface area contributed by atoms with Gasteiger partial charge in [-0.3, -0.25) is 4.79 Å². The molecule has 3 atom stereocenters. The average molecular weight is 250 g/mol. The van der Waals surface area contributed by atoms with Crippen LogP contribution >= 0.6 is 0 Å². The molecule has 1 aromatic carbocycles. The summed E-state index contributed by atoms with van der Waals surface area (Å²) in [7, 11) is 0. The zero-order valence-electron chi connectivity index (χ0n) is 10.5. The summed E-state index contributed by atoms with van der Waals surface area (Å²) >= 11 is 0. The van der Waals surface area contributed by atoms with Crippen molar-refractivity contribution < 1.29 is 9.18 Å². The van der Waals surface area contributed by atoms with E-state index in [0.717, 1.165) is 19.3 Å². The molecule has 3 N–H and O–H groups in total. The molecule has 0 radical (unpaired) electrons. The molecule has 0 heterocycles. The van der Waals surface area contributed by atoms with Gasteiger partial charge < -0.3 is 11.1 Å². The summed E-state index contributed by atoms with van der Waals surface area (Å²) in [6.07, 6.45) is 2.72. The van der Waals surface area contributed by atoms with Gasteiger partial charge in [0, 0.05) is 11.6 Å². The fourth-order valence-corrected chi connectivity index (χ4v) is 2.54. The van der Waals surface area contributed by atoms with Crippen molar-refractivity contribution in [3.63, 3.8) is 0 Å². The zero-order valence-corrected chi connectivity index (χ0v) is 10.5. The summed E-state index contributed by atoms with van der Waals surface area (Å²) in [6.45, 7) is 1.79. The summed E-state index contributed by atoms with van der Waals surface area (Å²) in [5, 5.41) is 2.85. The van der Waals surface area contributed by atoms with Gasteiger partial charge in [0.2, 0.25) is 5.91 Å². The van der Waals surface area contributed by atoms with Crippen LogP contribution in [0.25, 0.3) is 0 Å². The minimum Gasteiger partial charge on any atom is -0.349 e. The van der Waals surface area contributed by atoms with Crippen LogP contribution < -0.4 is 11.1 Å². The SMILES string of the molecule is CC(NC(=O)C1CCCC1N)c1ccccc1F. The monoisotopic (exact) mass is 250 g/mol. The van der Waals surface area contributed by atoms with Crippen molar-refractivity contribution in [1.29, 1.82) is 0 Å². The number of amides is 1. The highest BCUT2D eigenvalue weighted by atomic mass is 19.1. The Bertz CT molecular complexity index is 436. The fourth-order valence-electron chi connectivity index (χ4n) is 2.54. The molecule has 1 aliphatic carbocycles. The lowest BCUT2D eigenvalue weighted by atomic mass is 10.0. The maximum Gasteiger partial charge on any atom is 0.225 e. The topological polar surface area (TPSA) is 55.1 Å². The molecule has 0 bridgehead atoms. The largest absolute Gasteiger partial charge is 0.349 e. The second-order valence-corrected chi connectivity index (χ2v) is 4.95. The Morgan fingerprint density at radius 1 is 1.44 bits per heavy atom. The van der Waals surface area contributed by atoms with E-state index < -0.39 is 0 Å². The van der Waals surface area contributed by atoms with E-state index in [1.54, 1.807) is 25.1 Å². The van der Waals surface area contributed by atoms with Gasteiger partial charge in [-0.2, -0.15) is 0 Å². The van der Waals surface area contributed by atoms with Crippen molar-refractivity contribution >= 4 is 5.91 Å². The summed E-state index contributed by atoms with van der Waals surface area (Å²) in [6, 6.07) is 6.11. The van der Waals surface area contributed by atoms with Crippen molar-refractivity contribution in [3.05, 3.63) is 35.6 Å². The summed E-state index contributed by atoms with van der Waals surface area (Å²) in [5.41, 5.74) is 6.40. The van der Waals surface area contributed by atoms with E-state index in [1.807, 2.05) is 0 Å². The highest BCUT2D eigenvalue weighted by Crippen LogP contribution is 2.25. The third-order valence-corrected chi connectivity index (χ3v) is 3.64. The molecule has 0 aromatic heterocycles. The molecule has 0 aliphatic heterocycles. The number of hydrogen-bond acceptors (Lipinski definition) is 2. The number of nitrogens with one attached hydrogen (secondary N) is 1. The van der Waals surface area contributed by atoms with Crippen LogP contribution in [0.15, 0.2) is 24.3 Å². The molecule has 2 rings (SSSR count). The van der Waals surface area contributed by atoms with Crippen molar-refractivity contribution in [2.24, 2.45) is 11.7 Å². The van der Waals surface area contributed by atoms with Crippen molar-refractivity contribution in [3.8, 4) is 0 Å². The fraction of sp³-hybridized carbons (Fsp3) is 0.500. The van der Waals surface area contributed by atoms with Gasteiger partial charge in [-0.05, 0) is 25.8 Å². The average Bonchev–Trinajstić information content (AvgIpc) is 2.76. The Labute approximate surface area is 107 Å². The lowest BCUT2D eigenvalue weighted by Gasteiger charge is -2.20. The number of rotatable bonds is 3. The Balaban J connectivity index is 2.01. The second kappa shape index (κ2) is 5.48. The lowest BCUT2D eigenvalue weighted by Crippen LogP contribution is -2.39. The molecular weight excluding hydrogens is 231 g/mol. The van der Waals surface area contributed by atoms with Gasteiger partial charge >= 0.3 is 0 Å². The van der Waals surface area contributed by atoms with Crippen LogP contribution in [0.4, 0.5) is 4.39 Å². The summed E-state index contributed by atoms with van der Waals surface area (Å²) in [5.74, 6) is -0.476. The van der Waals surface area contributed by atoms with E-state index in [-0.39, 0.29) is 29.7 Å². The standard InChI is InChI=1S/C14H19FN2O/c1-9(10-5-2-3-7-12(10)15)17-14(18)11-6-4-8-13(11)16/h2-3,5,7,9,11,13H,4,6,8,16H2,1H3,(H,17,18). The second-order valence-electron chi connectivity index (χ2n) is 4.95. The molecule has 1 fully saturated rings. The van der Waals surface area contributed by atoms with Gasteiger partial charge in [-0.15, -0.1) is 0 Å². The van der Waals surface area contributed by atoms with Gasteiger partial charge in [-0.25, -0.2) is 4.39 Å². The Hall–Kier alpha value is -1.42. The van der Waals surface area contributed by atoms with Gasteiger partial charge in [0.05, 0.1) is 12.0 Å². The summed E-state index contributed by atoms with van der Waals surface area (Å²) < 4.78 is 13.6. The van der Waals surface area contributed by atoms with Crippen LogP contribution in [0.1, 0.15) is 37.8 Å². The number of carbonyl (C=O) groups is 1. The lowest BCUT2D eigenvalue weighted by molar-refractivity contribution is -0.125. The van der Waals surface area contributed by atoms with Crippen LogP contribution in [0.3, 0.4) is 0 Å². The Morgan fingerprint density at radius 2 is 2.17 bits per heavy atom. The number of halogens is 1. The van der Waals surface area contributed by atoms with Crippen LogP contribution in [0, 0.1) is 11.7 Å². The van der Waals surface area contributed by atoms with E-state index >= 15 is 0 Å². The minimum atomic E-state index is -0.327. The molecule has 0 saturated heterocycles. The van der Waals surface area contributed by atoms with Gasteiger partial charge in [0.15, 0.2) is 0 Å². The molecule has 18 heavy (non-hydrogen) atoms. The third-order valence-electron chi connectivity index (χ3n) is 3.64. The van der Waals surface area contributed by atoms with E-state index in [1.165, 1.54) is 6.07 Å². The maximum absolute atomic E-state index is 13.6. The number of hydrogen-bond donors (Lipinski definition) is 2. The van der Waals surface area contributed by atoms with Crippen molar-refractivity contribution in [2.75, 3.05) is 0 Å². The van der Waals surface area contributed by atoms with Gasteiger partial charge in [0.25, 0.3) is 0 Å².